The van der Waals surface area contributed by atoms with Gasteiger partial charge in [-0.3, -0.25) is 19.3 Å². The van der Waals surface area contributed by atoms with Gasteiger partial charge in [-0.25, -0.2) is 4.98 Å². The summed E-state index contributed by atoms with van der Waals surface area (Å²) in [5.74, 6) is -0.487. The molecule has 0 saturated carbocycles. The summed E-state index contributed by atoms with van der Waals surface area (Å²) in [5, 5.41) is 4.07. The maximum atomic E-state index is 12.5. The van der Waals surface area contributed by atoms with E-state index >= 15 is 0 Å². The van der Waals surface area contributed by atoms with Crippen LogP contribution in [0.3, 0.4) is 0 Å². The van der Waals surface area contributed by atoms with Gasteiger partial charge in [-0.15, -0.1) is 0 Å². The van der Waals surface area contributed by atoms with Gasteiger partial charge in [0.1, 0.15) is 12.2 Å². The fourth-order valence-corrected chi connectivity index (χ4v) is 2.75. The van der Waals surface area contributed by atoms with E-state index in [4.69, 9.17) is 10.5 Å². The molecule has 9 heteroatoms. The Labute approximate surface area is 144 Å². The lowest BCUT2D eigenvalue weighted by molar-refractivity contribution is -0.132. The van der Waals surface area contributed by atoms with E-state index in [0.717, 1.165) is 5.69 Å². The molecule has 1 atom stereocenters. The molecule has 9 nitrogen and oxygen atoms in total. The van der Waals surface area contributed by atoms with Crippen LogP contribution in [0.15, 0.2) is 30.9 Å². The molecule has 3 rings (SSSR count). The van der Waals surface area contributed by atoms with Crippen molar-refractivity contribution in [2.75, 3.05) is 26.3 Å². The molecule has 1 fully saturated rings. The highest BCUT2D eigenvalue weighted by Gasteiger charge is 2.23. The summed E-state index contributed by atoms with van der Waals surface area (Å²) in [7, 11) is 0. The van der Waals surface area contributed by atoms with E-state index in [-0.39, 0.29) is 24.1 Å². The second kappa shape index (κ2) is 7.84. The lowest BCUT2D eigenvalue weighted by Gasteiger charge is -2.23. The first-order chi connectivity index (χ1) is 12.1. The van der Waals surface area contributed by atoms with Crippen LogP contribution < -0.4 is 5.73 Å². The van der Waals surface area contributed by atoms with Crippen LogP contribution in [0.1, 0.15) is 16.2 Å². The first kappa shape index (κ1) is 17.0. The minimum absolute atomic E-state index is 0.00867. The highest BCUT2D eigenvalue weighted by Crippen LogP contribution is 2.13. The van der Waals surface area contributed by atoms with Crippen LogP contribution in [0, 0.1) is 5.92 Å². The summed E-state index contributed by atoms with van der Waals surface area (Å²) >= 11 is 0. The van der Waals surface area contributed by atoms with Gasteiger partial charge in [0.15, 0.2) is 0 Å². The third-order valence-corrected chi connectivity index (χ3v) is 4.00. The zero-order valence-corrected chi connectivity index (χ0v) is 13.7. The Bertz CT molecular complexity index is 716. The molecule has 1 unspecified atom stereocenters. The summed E-state index contributed by atoms with van der Waals surface area (Å²) in [6.45, 7) is 2.41. The van der Waals surface area contributed by atoms with Crippen LogP contribution in [0.2, 0.25) is 0 Å². The third kappa shape index (κ3) is 4.60. The number of primary amides is 1. The number of nitrogens with two attached hydrogens (primary N) is 1. The van der Waals surface area contributed by atoms with Gasteiger partial charge in [0.2, 0.25) is 5.91 Å². The van der Waals surface area contributed by atoms with Crippen LogP contribution in [0.4, 0.5) is 0 Å². The average Bonchev–Trinajstić information content (AvgIpc) is 2.99. The molecule has 132 valence electrons. The predicted octanol–water partition coefficient (Wildman–Crippen LogP) is -0.510. The van der Waals surface area contributed by atoms with Crippen LogP contribution in [-0.4, -0.2) is 62.8 Å². The first-order valence-corrected chi connectivity index (χ1v) is 8.05. The zero-order chi connectivity index (χ0) is 17.6. The Balaban J connectivity index is 1.61. The van der Waals surface area contributed by atoms with Crippen molar-refractivity contribution in [3.05, 3.63) is 42.2 Å². The van der Waals surface area contributed by atoms with E-state index in [9.17, 15) is 9.59 Å². The fourth-order valence-electron chi connectivity index (χ4n) is 2.75. The zero-order valence-electron chi connectivity index (χ0n) is 13.7. The number of amides is 2. The summed E-state index contributed by atoms with van der Waals surface area (Å²) in [6.07, 6.45) is 6.93. The van der Waals surface area contributed by atoms with Crippen molar-refractivity contribution in [1.82, 2.24) is 24.6 Å². The molecule has 0 radical (unpaired) electrons. The highest BCUT2D eigenvalue weighted by atomic mass is 16.5. The number of rotatable bonds is 5. The molecule has 0 spiro atoms. The summed E-state index contributed by atoms with van der Waals surface area (Å²) in [6, 6.07) is 1.79. The molecule has 2 N–H and O–H groups in total. The van der Waals surface area contributed by atoms with Gasteiger partial charge < -0.3 is 15.4 Å². The second-order valence-electron chi connectivity index (χ2n) is 5.95. The van der Waals surface area contributed by atoms with Crippen molar-refractivity contribution in [2.24, 2.45) is 11.7 Å². The van der Waals surface area contributed by atoms with Gasteiger partial charge in [-0.05, 0) is 12.5 Å². The number of hydrogen-bond donors (Lipinski definition) is 1. The van der Waals surface area contributed by atoms with Crippen LogP contribution in [-0.2, 0) is 22.5 Å². The molecule has 1 saturated heterocycles. The largest absolute Gasteiger partial charge is 0.379 e. The molecule has 1 aliphatic heterocycles. The number of hydrogen-bond acceptors (Lipinski definition) is 6. The monoisotopic (exact) mass is 344 g/mol. The van der Waals surface area contributed by atoms with E-state index in [0.29, 0.717) is 32.7 Å². The van der Waals surface area contributed by atoms with Gasteiger partial charge >= 0.3 is 0 Å². The molecule has 25 heavy (non-hydrogen) atoms. The lowest BCUT2D eigenvalue weighted by atomic mass is 10.0. The summed E-state index contributed by atoms with van der Waals surface area (Å²) in [5.41, 5.74) is 6.04. The SMILES string of the molecule is NC(=O)c1cnc(CC2COCCN(C(=O)Cn3cccn3)C2)cn1. The second-order valence-corrected chi connectivity index (χ2v) is 5.95. The van der Waals surface area contributed by atoms with Crippen LogP contribution in [0.5, 0.6) is 0 Å². The molecule has 1 aliphatic rings. The smallest absolute Gasteiger partial charge is 0.268 e. The standard InChI is InChI=1S/C16H20N6O3/c17-16(24)14-8-18-13(7-19-14)6-12-9-21(4-5-25-11-12)15(23)10-22-3-1-2-20-22/h1-3,7-8,12H,4-6,9-11H2,(H2,17,24). The van der Waals surface area contributed by atoms with Gasteiger partial charge in [0.05, 0.1) is 25.1 Å². The fraction of sp³-hybridized carbons (Fsp3) is 0.438. The predicted molar refractivity (Wildman–Crippen MR) is 87.4 cm³/mol. The van der Waals surface area contributed by atoms with Gasteiger partial charge in [0, 0.05) is 37.6 Å². The van der Waals surface area contributed by atoms with Gasteiger partial charge in [-0.1, -0.05) is 0 Å². The van der Waals surface area contributed by atoms with Crippen molar-refractivity contribution in [3.8, 4) is 0 Å². The molecule has 2 amide bonds. The van der Waals surface area contributed by atoms with E-state index in [2.05, 4.69) is 15.1 Å². The molecule has 3 heterocycles. The number of carbonyl (C=O) groups excluding carboxylic acids is 2. The Morgan fingerprint density at radius 2 is 2.20 bits per heavy atom. The number of aromatic nitrogens is 4. The summed E-state index contributed by atoms with van der Waals surface area (Å²) < 4.78 is 7.23. The van der Waals surface area contributed by atoms with Crippen LogP contribution >= 0.6 is 0 Å². The number of carbonyl (C=O) groups is 2. The van der Waals surface area contributed by atoms with Gasteiger partial charge in [-0.2, -0.15) is 5.10 Å². The average molecular weight is 344 g/mol. The van der Waals surface area contributed by atoms with E-state index in [1.807, 2.05) is 0 Å². The lowest BCUT2D eigenvalue weighted by Crippen LogP contribution is -2.38. The minimum Gasteiger partial charge on any atom is -0.379 e. The van der Waals surface area contributed by atoms with Crippen molar-refractivity contribution >= 4 is 11.8 Å². The third-order valence-electron chi connectivity index (χ3n) is 4.00. The minimum atomic E-state index is -0.604. The highest BCUT2D eigenvalue weighted by molar-refractivity contribution is 5.90. The molecule has 0 aliphatic carbocycles. The van der Waals surface area contributed by atoms with E-state index < -0.39 is 5.91 Å². The molecule has 0 aromatic carbocycles. The Kier molecular flexibility index (Phi) is 5.34. The normalized spacial score (nSPS) is 17.9. The first-order valence-electron chi connectivity index (χ1n) is 8.05. The molecule has 0 bridgehead atoms. The maximum absolute atomic E-state index is 12.5. The molecular weight excluding hydrogens is 324 g/mol. The number of ether oxygens (including phenoxy) is 1. The van der Waals surface area contributed by atoms with E-state index in [1.54, 1.807) is 34.2 Å². The quantitative estimate of drug-likeness (QED) is 0.781. The summed E-state index contributed by atoms with van der Waals surface area (Å²) in [4.78, 5) is 33.5. The Hall–Kier alpha value is -2.81. The van der Waals surface area contributed by atoms with Gasteiger partial charge in [0.25, 0.3) is 5.91 Å². The van der Waals surface area contributed by atoms with Crippen molar-refractivity contribution in [1.29, 1.82) is 0 Å². The Morgan fingerprint density at radius 3 is 2.88 bits per heavy atom. The molecular formula is C16H20N6O3. The van der Waals surface area contributed by atoms with Crippen molar-refractivity contribution < 1.29 is 14.3 Å². The van der Waals surface area contributed by atoms with Crippen molar-refractivity contribution in [3.63, 3.8) is 0 Å². The Morgan fingerprint density at radius 1 is 1.32 bits per heavy atom. The maximum Gasteiger partial charge on any atom is 0.268 e. The molecule has 2 aromatic rings. The topological polar surface area (TPSA) is 116 Å². The molecule has 2 aromatic heterocycles. The van der Waals surface area contributed by atoms with Crippen molar-refractivity contribution in [2.45, 2.75) is 13.0 Å². The van der Waals surface area contributed by atoms with Crippen LogP contribution in [0.25, 0.3) is 0 Å². The van der Waals surface area contributed by atoms with E-state index in [1.165, 1.54) is 6.20 Å². The number of nitrogens with zero attached hydrogens (tertiary/aromatic N) is 5.